The molecule has 0 bridgehead atoms. The number of benzene rings is 2. The number of carbonyl (C=O) groups excluding carboxylic acids is 2. The fourth-order valence-electron chi connectivity index (χ4n) is 3.19. The van der Waals surface area contributed by atoms with Crippen molar-refractivity contribution < 1.29 is 19.1 Å². The maximum Gasteiger partial charge on any atom is 0.260 e. The molecule has 1 heterocycles. The fraction of sp³-hybridized carbons (Fsp3) is 0.364. The fourth-order valence-corrected chi connectivity index (χ4v) is 3.44. The Morgan fingerprint density at radius 3 is 2.07 bits per heavy atom. The summed E-state index contributed by atoms with van der Waals surface area (Å²) < 4.78 is 11.0. The molecule has 0 radical (unpaired) electrons. The molecule has 0 aromatic heterocycles. The molecule has 1 fully saturated rings. The molecule has 2 aromatic rings. The van der Waals surface area contributed by atoms with Gasteiger partial charge in [0.1, 0.15) is 11.5 Å². The summed E-state index contributed by atoms with van der Waals surface area (Å²) in [6.45, 7) is 3.62. The zero-order valence-corrected chi connectivity index (χ0v) is 18.2. The maximum atomic E-state index is 12.5. The second-order valence-corrected chi connectivity index (χ2v) is 8.51. The SMILES string of the molecule is CC1(CNC(=O)COc2ccc(Cl)cc2)CCN(C(=O)COc2ccc(Cl)cc2)C1. The van der Waals surface area contributed by atoms with Gasteiger partial charge in [-0.15, -0.1) is 0 Å². The Labute approximate surface area is 186 Å². The van der Waals surface area contributed by atoms with Crippen molar-refractivity contribution in [2.24, 2.45) is 5.41 Å². The van der Waals surface area contributed by atoms with Gasteiger partial charge in [0, 0.05) is 35.1 Å². The van der Waals surface area contributed by atoms with Gasteiger partial charge < -0.3 is 19.7 Å². The third-order valence-electron chi connectivity index (χ3n) is 4.98. The number of carbonyl (C=O) groups is 2. The lowest BCUT2D eigenvalue weighted by Gasteiger charge is -2.25. The second kappa shape index (κ2) is 10.0. The molecule has 1 atom stereocenters. The van der Waals surface area contributed by atoms with Gasteiger partial charge >= 0.3 is 0 Å². The Bertz CT molecular complexity index is 874. The van der Waals surface area contributed by atoms with Gasteiger partial charge in [0.15, 0.2) is 13.2 Å². The lowest BCUT2D eigenvalue weighted by molar-refractivity contribution is -0.132. The molecule has 6 nitrogen and oxygen atoms in total. The van der Waals surface area contributed by atoms with Crippen LogP contribution in [0.2, 0.25) is 10.0 Å². The number of likely N-dealkylation sites (tertiary alicyclic amines) is 1. The minimum atomic E-state index is -0.206. The summed E-state index contributed by atoms with van der Waals surface area (Å²) >= 11 is 11.7. The number of ether oxygens (including phenoxy) is 2. The van der Waals surface area contributed by atoms with Gasteiger partial charge in [-0.3, -0.25) is 9.59 Å². The third-order valence-corrected chi connectivity index (χ3v) is 5.49. The van der Waals surface area contributed by atoms with Crippen molar-refractivity contribution in [3.05, 3.63) is 58.6 Å². The molecular weight excluding hydrogens is 427 g/mol. The average molecular weight is 451 g/mol. The number of rotatable bonds is 8. The molecule has 2 aromatic carbocycles. The molecule has 8 heteroatoms. The van der Waals surface area contributed by atoms with Crippen LogP contribution in [-0.2, 0) is 9.59 Å². The molecule has 0 aliphatic carbocycles. The first-order valence-corrected chi connectivity index (χ1v) is 10.4. The summed E-state index contributed by atoms with van der Waals surface area (Å²) in [6, 6.07) is 13.7. The van der Waals surface area contributed by atoms with Crippen molar-refractivity contribution in [1.29, 1.82) is 0 Å². The van der Waals surface area contributed by atoms with Gasteiger partial charge in [0.2, 0.25) is 0 Å². The molecule has 160 valence electrons. The van der Waals surface area contributed by atoms with E-state index in [1.165, 1.54) is 0 Å². The molecule has 2 amide bonds. The summed E-state index contributed by atoms with van der Waals surface area (Å²) in [5, 5.41) is 4.12. The molecule has 1 aliphatic rings. The zero-order valence-electron chi connectivity index (χ0n) is 16.7. The number of nitrogens with zero attached hydrogens (tertiary/aromatic N) is 1. The van der Waals surface area contributed by atoms with Crippen LogP contribution in [0.1, 0.15) is 13.3 Å². The van der Waals surface area contributed by atoms with E-state index in [9.17, 15) is 9.59 Å². The Balaban J connectivity index is 1.39. The molecule has 1 saturated heterocycles. The number of hydrogen-bond donors (Lipinski definition) is 1. The number of nitrogens with one attached hydrogen (secondary N) is 1. The van der Waals surface area contributed by atoms with Gasteiger partial charge in [-0.25, -0.2) is 0 Å². The first-order chi connectivity index (χ1) is 14.3. The van der Waals surface area contributed by atoms with Crippen molar-refractivity contribution in [3.8, 4) is 11.5 Å². The maximum absolute atomic E-state index is 12.5. The first kappa shape index (κ1) is 22.2. The largest absolute Gasteiger partial charge is 0.484 e. The summed E-state index contributed by atoms with van der Waals surface area (Å²) in [5.41, 5.74) is -0.189. The monoisotopic (exact) mass is 450 g/mol. The van der Waals surface area contributed by atoms with Crippen LogP contribution in [0, 0.1) is 5.41 Å². The average Bonchev–Trinajstić information content (AvgIpc) is 3.14. The summed E-state index contributed by atoms with van der Waals surface area (Å²) in [4.78, 5) is 26.3. The van der Waals surface area contributed by atoms with Gasteiger partial charge in [0.25, 0.3) is 11.8 Å². The lowest BCUT2D eigenvalue weighted by atomic mass is 9.90. The van der Waals surface area contributed by atoms with Gasteiger partial charge in [0.05, 0.1) is 0 Å². The van der Waals surface area contributed by atoms with Crippen molar-refractivity contribution >= 4 is 35.0 Å². The summed E-state index contributed by atoms with van der Waals surface area (Å²) in [7, 11) is 0. The first-order valence-electron chi connectivity index (χ1n) is 9.64. The van der Waals surface area contributed by atoms with E-state index in [0.29, 0.717) is 41.2 Å². The highest BCUT2D eigenvalue weighted by Crippen LogP contribution is 2.29. The topological polar surface area (TPSA) is 67.9 Å². The van der Waals surface area contributed by atoms with Crippen LogP contribution in [0.5, 0.6) is 11.5 Å². The smallest absolute Gasteiger partial charge is 0.260 e. The second-order valence-electron chi connectivity index (χ2n) is 7.64. The molecule has 1 aliphatic heterocycles. The predicted molar refractivity (Wildman–Crippen MR) is 116 cm³/mol. The van der Waals surface area contributed by atoms with E-state index < -0.39 is 0 Å². The standard InChI is InChI=1S/C22H24Cl2N2O4/c1-22(14-25-20(27)12-29-18-6-2-16(23)3-7-18)10-11-26(15-22)21(28)13-30-19-8-4-17(24)5-9-19/h2-9H,10-15H2,1H3,(H,25,27). The normalized spacial score (nSPS) is 18.2. The molecular formula is C22H24Cl2N2O4. The van der Waals surface area contributed by atoms with Gasteiger partial charge in [-0.1, -0.05) is 30.1 Å². The summed E-state index contributed by atoms with van der Waals surface area (Å²) in [6.07, 6.45) is 0.804. The lowest BCUT2D eigenvalue weighted by Crippen LogP contribution is -2.41. The van der Waals surface area contributed by atoms with E-state index in [1.807, 2.05) is 0 Å². The molecule has 30 heavy (non-hydrogen) atoms. The van der Waals surface area contributed by atoms with Crippen molar-refractivity contribution in [1.82, 2.24) is 10.2 Å². The quantitative estimate of drug-likeness (QED) is 0.663. The molecule has 3 rings (SSSR count). The van der Waals surface area contributed by atoms with Crippen LogP contribution in [-0.4, -0.2) is 49.6 Å². The summed E-state index contributed by atoms with van der Waals surface area (Å²) in [5.74, 6) is 0.898. The Hall–Kier alpha value is -2.44. The molecule has 1 N–H and O–H groups in total. The van der Waals surface area contributed by atoms with E-state index in [4.69, 9.17) is 32.7 Å². The van der Waals surface area contributed by atoms with Crippen LogP contribution in [0.15, 0.2) is 48.5 Å². The molecule has 0 spiro atoms. The van der Waals surface area contributed by atoms with Gasteiger partial charge in [-0.05, 0) is 55.0 Å². The van der Waals surface area contributed by atoms with Crippen molar-refractivity contribution in [3.63, 3.8) is 0 Å². The molecule has 1 unspecified atom stereocenters. The van der Waals surface area contributed by atoms with Crippen LogP contribution < -0.4 is 14.8 Å². The van der Waals surface area contributed by atoms with E-state index in [-0.39, 0.29) is 30.4 Å². The van der Waals surface area contributed by atoms with E-state index in [2.05, 4.69) is 12.2 Å². The number of hydrogen-bond acceptors (Lipinski definition) is 4. The van der Waals surface area contributed by atoms with Crippen LogP contribution in [0.4, 0.5) is 0 Å². The van der Waals surface area contributed by atoms with Crippen LogP contribution in [0.3, 0.4) is 0 Å². The highest BCUT2D eigenvalue weighted by atomic mass is 35.5. The zero-order chi connectivity index (χ0) is 21.6. The third kappa shape index (κ3) is 6.54. The van der Waals surface area contributed by atoms with Crippen LogP contribution >= 0.6 is 23.2 Å². The van der Waals surface area contributed by atoms with Crippen LogP contribution in [0.25, 0.3) is 0 Å². The Morgan fingerprint density at radius 1 is 0.967 bits per heavy atom. The van der Waals surface area contributed by atoms with Crippen molar-refractivity contribution in [2.75, 3.05) is 32.8 Å². The number of amides is 2. The molecule has 0 saturated carbocycles. The highest BCUT2D eigenvalue weighted by molar-refractivity contribution is 6.30. The van der Waals surface area contributed by atoms with E-state index in [0.717, 1.165) is 6.42 Å². The van der Waals surface area contributed by atoms with E-state index in [1.54, 1.807) is 53.4 Å². The van der Waals surface area contributed by atoms with Gasteiger partial charge in [-0.2, -0.15) is 0 Å². The predicted octanol–water partition coefficient (Wildman–Crippen LogP) is 3.81. The minimum absolute atomic E-state index is 0.0288. The van der Waals surface area contributed by atoms with Crippen molar-refractivity contribution in [2.45, 2.75) is 13.3 Å². The Kier molecular flexibility index (Phi) is 7.45. The minimum Gasteiger partial charge on any atom is -0.484 e. The Morgan fingerprint density at radius 2 is 1.50 bits per heavy atom. The number of halogens is 2. The highest BCUT2D eigenvalue weighted by Gasteiger charge is 2.36. The van der Waals surface area contributed by atoms with E-state index >= 15 is 0 Å².